The second kappa shape index (κ2) is 8.80. The molecule has 0 fully saturated rings. The molecule has 1 amide bonds. The fourth-order valence-electron chi connectivity index (χ4n) is 2.71. The van der Waals surface area contributed by atoms with Gasteiger partial charge in [-0.1, -0.05) is 36.4 Å². The number of nitrogens with zero attached hydrogens (tertiary/aromatic N) is 3. The third-order valence-corrected chi connectivity index (χ3v) is 4.22. The summed E-state index contributed by atoms with van der Waals surface area (Å²) in [5, 5.41) is 3.17. The van der Waals surface area contributed by atoms with Gasteiger partial charge in [-0.25, -0.2) is 9.97 Å². The molecular weight excluding hydrogens is 340 g/mol. The van der Waals surface area contributed by atoms with Crippen LogP contribution in [0.2, 0.25) is 0 Å². The lowest BCUT2D eigenvalue weighted by atomic mass is 10.1. The molecule has 1 aromatic heterocycles. The lowest BCUT2D eigenvalue weighted by Crippen LogP contribution is -2.26. The highest BCUT2D eigenvalue weighted by molar-refractivity contribution is 6.05. The summed E-state index contributed by atoms with van der Waals surface area (Å²) in [5.74, 6) is 1.20. The van der Waals surface area contributed by atoms with Gasteiger partial charge in [0.25, 0.3) is 5.91 Å². The van der Waals surface area contributed by atoms with Crippen molar-refractivity contribution in [2.75, 3.05) is 30.9 Å². The molecule has 0 atom stereocenters. The van der Waals surface area contributed by atoms with Crippen molar-refractivity contribution in [3.63, 3.8) is 0 Å². The lowest BCUT2D eigenvalue weighted by molar-refractivity contribution is 0.0992. The number of rotatable bonds is 7. The molecule has 0 saturated carbocycles. The number of nitrogens with one attached hydrogen (secondary N) is 1. The zero-order valence-electron chi connectivity index (χ0n) is 15.4. The molecule has 6 heteroatoms. The summed E-state index contributed by atoms with van der Waals surface area (Å²) in [4.78, 5) is 22.6. The Hall–Kier alpha value is -3.41. The van der Waals surface area contributed by atoms with Gasteiger partial charge >= 0.3 is 0 Å². The van der Waals surface area contributed by atoms with Crippen molar-refractivity contribution in [2.45, 2.75) is 6.42 Å². The second-order valence-corrected chi connectivity index (χ2v) is 5.98. The van der Waals surface area contributed by atoms with Crippen molar-refractivity contribution in [2.24, 2.45) is 0 Å². The van der Waals surface area contributed by atoms with Crippen LogP contribution in [0, 0.1) is 0 Å². The summed E-state index contributed by atoms with van der Waals surface area (Å²) >= 11 is 0. The van der Waals surface area contributed by atoms with Crippen LogP contribution in [0.3, 0.4) is 0 Å². The van der Waals surface area contributed by atoms with E-state index in [1.807, 2.05) is 54.6 Å². The van der Waals surface area contributed by atoms with E-state index in [1.54, 1.807) is 31.5 Å². The number of amides is 1. The van der Waals surface area contributed by atoms with E-state index in [-0.39, 0.29) is 5.91 Å². The van der Waals surface area contributed by atoms with E-state index < -0.39 is 0 Å². The number of ether oxygens (including phenoxy) is 1. The molecule has 1 heterocycles. The minimum Gasteiger partial charge on any atom is -0.496 e. The quantitative estimate of drug-likeness (QED) is 0.698. The summed E-state index contributed by atoms with van der Waals surface area (Å²) in [7, 11) is 3.40. The molecule has 2 aromatic carbocycles. The van der Waals surface area contributed by atoms with Crippen LogP contribution in [0.5, 0.6) is 5.75 Å². The van der Waals surface area contributed by atoms with Gasteiger partial charge in [-0.05, 0) is 30.2 Å². The average molecular weight is 362 g/mol. The van der Waals surface area contributed by atoms with Gasteiger partial charge in [-0.2, -0.15) is 0 Å². The van der Waals surface area contributed by atoms with Crippen molar-refractivity contribution < 1.29 is 9.53 Å². The van der Waals surface area contributed by atoms with Gasteiger partial charge in [0.15, 0.2) is 0 Å². The fourth-order valence-corrected chi connectivity index (χ4v) is 2.71. The van der Waals surface area contributed by atoms with Crippen LogP contribution >= 0.6 is 0 Å². The van der Waals surface area contributed by atoms with Gasteiger partial charge in [-0.15, -0.1) is 0 Å². The number of para-hydroxylation sites is 2. The van der Waals surface area contributed by atoms with Gasteiger partial charge in [0.2, 0.25) is 5.95 Å². The van der Waals surface area contributed by atoms with E-state index >= 15 is 0 Å². The Balaban J connectivity index is 1.58. The maximum Gasteiger partial charge on any atom is 0.261 e. The number of carbonyl (C=O) groups excluding carboxylic acids is 1. The van der Waals surface area contributed by atoms with Crippen LogP contribution in [0.1, 0.15) is 15.9 Å². The maximum absolute atomic E-state index is 12.5. The number of carbonyl (C=O) groups is 1. The van der Waals surface area contributed by atoms with E-state index in [2.05, 4.69) is 15.3 Å². The fraction of sp³-hybridized carbons (Fsp3) is 0.190. The average Bonchev–Trinajstić information content (AvgIpc) is 2.74. The largest absolute Gasteiger partial charge is 0.496 e. The first-order chi connectivity index (χ1) is 13.2. The van der Waals surface area contributed by atoms with Crippen molar-refractivity contribution in [1.29, 1.82) is 0 Å². The maximum atomic E-state index is 12.5. The van der Waals surface area contributed by atoms with Crippen molar-refractivity contribution in [1.82, 2.24) is 9.97 Å². The van der Waals surface area contributed by atoms with Gasteiger partial charge in [0, 0.05) is 31.7 Å². The standard InChI is InChI=1S/C21H22N4O2/c1-25(18-9-4-3-5-10-18)20(26)17-14-23-21(24-15-17)22-13-12-16-8-6-7-11-19(16)27-2/h3-11,14-15H,12-13H2,1-2H3,(H,22,23,24). The van der Waals surface area contributed by atoms with Crippen molar-refractivity contribution in [3.05, 3.63) is 78.1 Å². The molecule has 138 valence electrons. The molecule has 0 radical (unpaired) electrons. The molecule has 6 nitrogen and oxygen atoms in total. The molecule has 0 bridgehead atoms. The van der Waals surface area contributed by atoms with E-state index in [0.29, 0.717) is 18.1 Å². The van der Waals surface area contributed by atoms with Gasteiger partial charge in [0.05, 0.1) is 12.7 Å². The second-order valence-electron chi connectivity index (χ2n) is 5.98. The molecule has 0 saturated heterocycles. The number of hydrogen-bond acceptors (Lipinski definition) is 5. The van der Waals surface area contributed by atoms with Gasteiger partial charge in [0.1, 0.15) is 5.75 Å². The smallest absolute Gasteiger partial charge is 0.261 e. The zero-order valence-corrected chi connectivity index (χ0v) is 15.4. The van der Waals surface area contributed by atoms with Crippen LogP contribution in [0.4, 0.5) is 11.6 Å². The monoisotopic (exact) mass is 362 g/mol. The minimum atomic E-state index is -0.151. The van der Waals surface area contributed by atoms with Crippen LogP contribution < -0.4 is 15.0 Å². The third-order valence-electron chi connectivity index (χ3n) is 4.22. The number of benzene rings is 2. The van der Waals surface area contributed by atoms with Gasteiger partial charge < -0.3 is 15.0 Å². The SMILES string of the molecule is COc1ccccc1CCNc1ncc(C(=O)N(C)c2ccccc2)cn1. The Morgan fingerprint density at radius 3 is 2.41 bits per heavy atom. The Morgan fingerprint density at radius 2 is 1.70 bits per heavy atom. The first-order valence-electron chi connectivity index (χ1n) is 8.70. The molecular formula is C21H22N4O2. The summed E-state index contributed by atoms with van der Waals surface area (Å²) in [6, 6.07) is 17.4. The zero-order chi connectivity index (χ0) is 19.1. The molecule has 3 aromatic rings. The highest BCUT2D eigenvalue weighted by atomic mass is 16.5. The predicted molar refractivity (Wildman–Crippen MR) is 106 cm³/mol. The van der Waals surface area contributed by atoms with Crippen molar-refractivity contribution >= 4 is 17.5 Å². The lowest BCUT2D eigenvalue weighted by Gasteiger charge is -2.17. The van der Waals surface area contributed by atoms with E-state index in [0.717, 1.165) is 23.4 Å². The van der Waals surface area contributed by atoms with Gasteiger partial charge in [-0.3, -0.25) is 4.79 Å². The molecule has 1 N–H and O–H groups in total. The molecule has 0 aliphatic heterocycles. The molecule has 3 rings (SSSR count). The first-order valence-corrected chi connectivity index (χ1v) is 8.70. The molecule has 0 spiro atoms. The summed E-state index contributed by atoms with van der Waals surface area (Å²) in [6.45, 7) is 0.664. The van der Waals surface area contributed by atoms with E-state index in [9.17, 15) is 4.79 Å². The van der Waals surface area contributed by atoms with Crippen LogP contribution in [-0.4, -0.2) is 36.6 Å². The summed E-state index contributed by atoms with van der Waals surface area (Å²) in [6.07, 6.45) is 3.87. The van der Waals surface area contributed by atoms with Crippen LogP contribution in [-0.2, 0) is 6.42 Å². The molecule has 0 aliphatic carbocycles. The normalized spacial score (nSPS) is 10.3. The molecule has 27 heavy (non-hydrogen) atoms. The van der Waals surface area contributed by atoms with Crippen molar-refractivity contribution in [3.8, 4) is 5.75 Å². The molecule has 0 unspecified atom stereocenters. The topological polar surface area (TPSA) is 67.3 Å². The first kappa shape index (κ1) is 18.4. The Bertz CT molecular complexity index is 882. The highest BCUT2D eigenvalue weighted by Gasteiger charge is 2.14. The Labute approximate surface area is 158 Å². The molecule has 0 aliphatic rings. The highest BCUT2D eigenvalue weighted by Crippen LogP contribution is 2.18. The summed E-state index contributed by atoms with van der Waals surface area (Å²) in [5.41, 5.74) is 2.38. The van der Waals surface area contributed by atoms with Crippen LogP contribution in [0.15, 0.2) is 67.0 Å². The number of hydrogen-bond donors (Lipinski definition) is 1. The van der Waals surface area contributed by atoms with Crippen LogP contribution in [0.25, 0.3) is 0 Å². The minimum absolute atomic E-state index is 0.151. The van der Waals surface area contributed by atoms with E-state index in [4.69, 9.17) is 4.74 Å². The predicted octanol–water partition coefficient (Wildman–Crippen LogP) is 3.42. The Morgan fingerprint density at radius 1 is 1.04 bits per heavy atom. The Kier molecular flexibility index (Phi) is 5.99. The number of methoxy groups -OCH3 is 1. The number of aromatic nitrogens is 2. The van der Waals surface area contributed by atoms with E-state index in [1.165, 1.54) is 0 Å². The third kappa shape index (κ3) is 4.61. The number of anilines is 2. The summed E-state index contributed by atoms with van der Waals surface area (Å²) < 4.78 is 5.35.